The zero-order valence-electron chi connectivity index (χ0n) is 9.59. The maximum atomic E-state index is 11.4. The summed E-state index contributed by atoms with van der Waals surface area (Å²) in [4.78, 5) is 21.3. The summed E-state index contributed by atoms with van der Waals surface area (Å²) in [5.74, 6) is -2.82. The monoisotopic (exact) mass is 273 g/mol. The van der Waals surface area contributed by atoms with Crippen LogP contribution in [0.3, 0.4) is 0 Å². The van der Waals surface area contributed by atoms with Crippen LogP contribution in [0.5, 0.6) is 0 Å². The number of primary sulfonamides is 1. The third-order valence-electron chi connectivity index (χ3n) is 2.44. The van der Waals surface area contributed by atoms with Gasteiger partial charge >= 0.3 is 11.9 Å². The molecule has 1 aromatic rings. The van der Waals surface area contributed by atoms with Gasteiger partial charge in [0.25, 0.3) is 0 Å². The van der Waals surface area contributed by atoms with Crippen LogP contribution in [0.25, 0.3) is 0 Å². The number of aromatic carboxylic acids is 2. The lowest BCUT2D eigenvalue weighted by Gasteiger charge is -2.13. The van der Waals surface area contributed by atoms with E-state index < -0.39 is 32.4 Å². The van der Waals surface area contributed by atoms with E-state index in [-0.39, 0.29) is 16.7 Å². The van der Waals surface area contributed by atoms with Gasteiger partial charge in [-0.25, -0.2) is 23.1 Å². The molecule has 0 amide bonds. The maximum Gasteiger partial charge on any atom is 0.337 e. The topological polar surface area (TPSA) is 135 Å². The Balaban J connectivity index is 3.93. The molecule has 0 unspecified atom stereocenters. The Hall–Kier alpha value is -1.93. The molecule has 8 heteroatoms. The molecule has 1 rings (SSSR count). The van der Waals surface area contributed by atoms with Crippen molar-refractivity contribution >= 4 is 22.0 Å². The number of hydrogen-bond donors (Lipinski definition) is 3. The molecule has 4 N–H and O–H groups in total. The van der Waals surface area contributed by atoms with E-state index in [1.54, 1.807) is 0 Å². The summed E-state index contributed by atoms with van der Waals surface area (Å²) >= 11 is 0. The molecular formula is C10H11NO6S. The van der Waals surface area contributed by atoms with Crippen molar-refractivity contribution in [2.75, 3.05) is 0 Å². The van der Waals surface area contributed by atoms with Crippen molar-refractivity contribution in [2.24, 2.45) is 5.14 Å². The van der Waals surface area contributed by atoms with Crippen LogP contribution in [0.2, 0.25) is 0 Å². The Morgan fingerprint density at radius 2 is 1.67 bits per heavy atom. The summed E-state index contributed by atoms with van der Waals surface area (Å²) in [5.41, 5.74) is -0.811. The summed E-state index contributed by atoms with van der Waals surface area (Å²) in [6, 6.07) is 0.985. The van der Waals surface area contributed by atoms with Crippen LogP contribution >= 0.6 is 0 Å². The van der Waals surface area contributed by atoms with Gasteiger partial charge in [-0.2, -0.15) is 0 Å². The molecule has 0 heterocycles. The van der Waals surface area contributed by atoms with Crippen molar-refractivity contribution in [2.45, 2.75) is 18.7 Å². The molecule has 0 aliphatic heterocycles. The van der Waals surface area contributed by atoms with Crippen LogP contribution in [0.4, 0.5) is 0 Å². The highest BCUT2D eigenvalue weighted by molar-refractivity contribution is 7.89. The number of hydrogen-bond acceptors (Lipinski definition) is 4. The number of benzene rings is 1. The molecule has 0 spiro atoms. The second kappa shape index (κ2) is 4.39. The molecular weight excluding hydrogens is 262 g/mol. The number of rotatable bonds is 3. The number of carbonyl (C=O) groups is 2. The van der Waals surface area contributed by atoms with Crippen molar-refractivity contribution in [3.05, 3.63) is 28.3 Å². The summed E-state index contributed by atoms with van der Waals surface area (Å²) < 4.78 is 22.8. The fraction of sp³-hybridized carbons (Fsp3) is 0.200. The Kier molecular flexibility index (Phi) is 3.45. The van der Waals surface area contributed by atoms with Crippen molar-refractivity contribution < 1.29 is 28.2 Å². The quantitative estimate of drug-likeness (QED) is 0.727. The lowest BCUT2D eigenvalue weighted by Crippen LogP contribution is -2.21. The van der Waals surface area contributed by atoms with Crippen molar-refractivity contribution in [1.82, 2.24) is 0 Å². The van der Waals surface area contributed by atoms with E-state index in [9.17, 15) is 18.0 Å². The van der Waals surface area contributed by atoms with Gasteiger partial charge in [0.2, 0.25) is 10.0 Å². The predicted octanol–water partition coefficient (Wildman–Crippen LogP) is 0.347. The largest absolute Gasteiger partial charge is 0.478 e. The van der Waals surface area contributed by atoms with Crippen molar-refractivity contribution in [1.29, 1.82) is 0 Å². The first-order chi connectivity index (χ1) is 8.07. The van der Waals surface area contributed by atoms with Gasteiger partial charge in [0.15, 0.2) is 0 Å². The van der Waals surface area contributed by atoms with Gasteiger partial charge in [0.1, 0.15) is 4.90 Å². The van der Waals surface area contributed by atoms with Crippen LogP contribution in [-0.2, 0) is 10.0 Å². The molecule has 98 valence electrons. The van der Waals surface area contributed by atoms with Gasteiger partial charge in [-0.3, -0.25) is 0 Å². The molecule has 18 heavy (non-hydrogen) atoms. The molecule has 0 atom stereocenters. The third-order valence-corrected chi connectivity index (χ3v) is 3.54. The molecule has 0 saturated heterocycles. The van der Waals surface area contributed by atoms with Gasteiger partial charge in [-0.1, -0.05) is 0 Å². The predicted molar refractivity (Wildman–Crippen MR) is 61.2 cm³/mol. The van der Waals surface area contributed by atoms with Gasteiger partial charge in [-0.05, 0) is 31.0 Å². The second-order valence-corrected chi connectivity index (χ2v) is 5.22. The van der Waals surface area contributed by atoms with E-state index in [0.717, 1.165) is 6.07 Å². The zero-order valence-corrected chi connectivity index (χ0v) is 10.4. The number of aryl methyl sites for hydroxylation is 1. The summed E-state index contributed by atoms with van der Waals surface area (Å²) in [7, 11) is -4.33. The van der Waals surface area contributed by atoms with Crippen LogP contribution in [0.15, 0.2) is 11.0 Å². The number of carboxylic acid groups (broad SMARTS) is 2. The minimum Gasteiger partial charge on any atom is -0.478 e. The van der Waals surface area contributed by atoms with E-state index in [1.165, 1.54) is 13.8 Å². The van der Waals surface area contributed by atoms with E-state index in [1.807, 2.05) is 0 Å². The Morgan fingerprint density at radius 3 is 2.00 bits per heavy atom. The molecule has 0 saturated carbocycles. The van der Waals surface area contributed by atoms with Crippen molar-refractivity contribution in [3.63, 3.8) is 0 Å². The molecule has 0 aliphatic rings. The van der Waals surface area contributed by atoms with E-state index in [4.69, 9.17) is 15.4 Å². The van der Waals surface area contributed by atoms with Crippen LogP contribution < -0.4 is 5.14 Å². The maximum absolute atomic E-state index is 11.4. The highest BCUT2D eigenvalue weighted by atomic mass is 32.2. The molecule has 0 bridgehead atoms. The Bertz CT molecular complexity index is 647. The lowest BCUT2D eigenvalue weighted by atomic mass is 9.99. The average molecular weight is 273 g/mol. The number of nitrogens with two attached hydrogens (primary N) is 1. The van der Waals surface area contributed by atoms with Crippen LogP contribution in [0, 0.1) is 13.8 Å². The number of carboxylic acids is 2. The van der Waals surface area contributed by atoms with Gasteiger partial charge in [-0.15, -0.1) is 0 Å². The molecule has 1 aromatic carbocycles. The fourth-order valence-corrected chi connectivity index (χ4v) is 2.80. The van der Waals surface area contributed by atoms with Crippen LogP contribution in [-0.4, -0.2) is 30.6 Å². The standard InChI is InChI=1S/C10H11NO6S/c1-4-3-6(9(12)13)8(18(11,16)17)5(2)7(4)10(14)15/h3H,1-2H3,(H,12,13)(H,14,15)(H2,11,16,17). The third kappa shape index (κ3) is 2.34. The minimum atomic E-state index is -4.33. The summed E-state index contributed by atoms with van der Waals surface area (Å²) in [6.45, 7) is 2.60. The Labute approximate surface area is 103 Å². The molecule has 0 radical (unpaired) electrons. The van der Waals surface area contributed by atoms with Gasteiger partial charge in [0.05, 0.1) is 11.1 Å². The molecule has 7 nitrogen and oxygen atoms in total. The smallest absolute Gasteiger partial charge is 0.337 e. The highest BCUT2D eigenvalue weighted by Gasteiger charge is 2.27. The van der Waals surface area contributed by atoms with Gasteiger partial charge < -0.3 is 10.2 Å². The first-order valence-electron chi connectivity index (χ1n) is 4.71. The fourth-order valence-electron chi connectivity index (χ4n) is 1.82. The molecule has 0 aliphatic carbocycles. The van der Waals surface area contributed by atoms with E-state index in [0.29, 0.717) is 0 Å². The first kappa shape index (κ1) is 14.1. The summed E-state index contributed by atoms with van der Waals surface area (Å²) in [5, 5.41) is 22.9. The number of sulfonamides is 1. The van der Waals surface area contributed by atoms with Crippen molar-refractivity contribution in [3.8, 4) is 0 Å². The van der Waals surface area contributed by atoms with E-state index in [2.05, 4.69) is 0 Å². The van der Waals surface area contributed by atoms with Crippen LogP contribution in [0.1, 0.15) is 31.8 Å². The second-order valence-electron chi connectivity index (χ2n) is 3.73. The summed E-state index contributed by atoms with van der Waals surface area (Å²) in [6.07, 6.45) is 0. The minimum absolute atomic E-state index is 0.157. The lowest BCUT2D eigenvalue weighted by molar-refractivity contribution is 0.0676. The zero-order chi connectivity index (χ0) is 14.2. The van der Waals surface area contributed by atoms with E-state index >= 15 is 0 Å². The SMILES string of the molecule is Cc1cc(C(=O)O)c(S(N)(=O)=O)c(C)c1C(=O)O. The highest BCUT2D eigenvalue weighted by Crippen LogP contribution is 2.26. The van der Waals surface area contributed by atoms with Gasteiger partial charge in [0, 0.05) is 0 Å². The molecule has 0 fully saturated rings. The normalized spacial score (nSPS) is 11.3. The average Bonchev–Trinajstić information content (AvgIpc) is 2.12. The Morgan fingerprint density at radius 1 is 1.17 bits per heavy atom. The molecule has 0 aromatic heterocycles. The first-order valence-corrected chi connectivity index (χ1v) is 6.25.